The van der Waals surface area contributed by atoms with Crippen LogP contribution in [0.25, 0.3) is 0 Å². The Hall–Kier alpha value is -1.83. The van der Waals surface area contributed by atoms with Crippen molar-refractivity contribution in [1.82, 2.24) is 10.6 Å². The summed E-state index contributed by atoms with van der Waals surface area (Å²) in [5, 5.41) is 21.7. The molecule has 2 atom stereocenters. The smallest absolute Gasteiger partial charge is 0.408 e. The molecule has 8 nitrogen and oxygen atoms in total. The normalized spacial score (nSPS) is 14.2. The van der Waals surface area contributed by atoms with Crippen molar-refractivity contribution in [3.8, 4) is 0 Å². The molecule has 0 fully saturated rings. The van der Waals surface area contributed by atoms with Gasteiger partial charge in [-0.15, -0.1) is 0 Å². The summed E-state index contributed by atoms with van der Waals surface area (Å²) < 4.78 is 4.94. The zero-order valence-electron chi connectivity index (χ0n) is 11.4. The standard InChI is InChI=1S/C11H20N2O6/c1-6(12-10(18)19-11(2,3)4)8(15)13-7(5-14)9(16)17/h6-7,14H,5H2,1-4H3,(H,12,18)(H,13,15)(H,16,17)/t6-,7-/m0/s1. The van der Waals surface area contributed by atoms with Gasteiger partial charge in [0.2, 0.25) is 5.91 Å². The van der Waals surface area contributed by atoms with Crippen molar-refractivity contribution in [2.45, 2.75) is 45.4 Å². The SMILES string of the molecule is C[C@H](NC(=O)OC(C)(C)C)C(=O)N[C@@H](CO)C(=O)O. The van der Waals surface area contributed by atoms with E-state index in [1.165, 1.54) is 6.92 Å². The highest BCUT2D eigenvalue weighted by Gasteiger charge is 2.24. The van der Waals surface area contributed by atoms with Gasteiger partial charge >= 0.3 is 12.1 Å². The molecular formula is C11H20N2O6. The number of rotatable bonds is 5. The summed E-state index contributed by atoms with van der Waals surface area (Å²) in [6.45, 7) is 5.65. The van der Waals surface area contributed by atoms with Crippen LogP contribution >= 0.6 is 0 Å². The van der Waals surface area contributed by atoms with Crippen LogP contribution in [0.1, 0.15) is 27.7 Å². The molecular weight excluding hydrogens is 256 g/mol. The number of alkyl carbamates (subject to hydrolysis) is 1. The molecule has 2 amide bonds. The van der Waals surface area contributed by atoms with Crippen molar-refractivity contribution in [3.05, 3.63) is 0 Å². The van der Waals surface area contributed by atoms with Gasteiger partial charge in [0.1, 0.15) is 17.7 Å². The summed E-state index contributed by atoms with van der Waals surface area (Å²) in [7, 11) is 0. The molecule has 0 bridgehead atoms. The molecule has 8 heteroatoms. The van der Waals surface area contributed by atoms with Crippen LogP contribution in [-0.2, 0) is 14.3 Å². The Morgan fingerprint density at radius 1 is 1.21 bits per heavy atom. The molecule has 4 N–H and O–H groups in total. The number of nitrogens with one attached hydrogen (secondary N) is 2. The molecule has 0 heterocycles. The number of aliphatic carboxylic acids is 1. The van der Waals surface area contributed by atoms with Crippen LogP contribution in [0.3, 0.4) is 0 Å². The van der Waals surface area contributed by atoms with E-state index in [-0.39, 0.29) is 0 Å². The third-order valence-corrected chi connectivity index (χ3v) is 1.92. The van der Waals surface area contributed by atoms with Crippen LogP contribution < -0.4 is 10.6 Å². The van der Waals surface area contributed by atoms with Crippen molar-refractivity contribution in [2.24, 2.45) is 0 Å². The summed E-state index contributed by atoms with van der Waals surface area (Å²) >= 11 is 0. The maximum absolute atomic E-state index is 11.6. The molecule has 0 aromatic heterocycles. The molecule has 0 rings (SSSR count). The first-order valence-corrected chi connectivity index (χ1v) is 5.70. The van der Waals surface area contributed by atoms with E-state index in [9.17, 15) is 14.4 Å². The van der Waals surface area contributed by atoms with Gasteiger partial charge in [-0.3, -0.25) is 4.79 Å². The molecule has 0 spiro atoms. The quantitative estimate of drug-likeness (QED) is 0.534. The number of aliphatic hydroxyl groups is 1. The largest absolute Gasteiger partial charge is 0.480 e. The second-order valence-electron chi connectivity index (χ2n) is 4.95. The lowest BCUT2D eigenvalue weighted by Crippen LogP contribution is -2.52. The van der Waals surface area contributed by atoms with E-state index in [4.69, 9.17) is 14.9 Å². The summed E-state index contributed by atoms with van der Waals surface area (Å²) in [5.41, 5.74) is -0.699. The Morgan fingerprint density at radius 3 is 2.11 bits per heavy atom. The van der Waals surface area contributed by atoms with Crippen molar-refractivity contribution < 1.29 is 29.3 Å². The number of hydrogen-bond acceptors (Lipinski definition) is 5. The second kappa shape index (κ2) is 6.93. The highest BCUT2D eigenvalue weighted by atomic mass is 16.6. The lowest BCUT2D eigenvalue weighted by Gasteiger charge is -2.22. The Labute approximate surface area is 111 Å². The first kappa shape index (κ1) is 17.2. The number of carbonyl (C=O) groups is 3. The highest BCUT2D eigenvalue weighted by molar-refractivity contribution is 5.88. The van der Waals surface area contributed by atoms with Gasteiger partial charge < -0.3 is 25.6 Å². The van der Waals surface area contributed by atoms with Crippen LogP contribution in [0, 0.1) is 0 Å². The summed E-state index contributed by atoms with van der Waals surface area (Å²) in [5.74, 6) is -2.09. The van der Waals surface area contributed by atoms with Crippen molar-refractivity contribution >= 4 is 18.0 Å². The van der Waals surface area contributed by atoms with Gasteiger partial charge in [0.05, 0.1) is 6.61 Å². The molecule has 0 aliphatic heterocycles. The maximum Gasteiger partial charge on any atom is 0.408 e. The Kier molecular flexibility index (Phi) is 6.26. The predicted octanol–water partition coefficient (Wildman–Crippen LogP) is -0.539. The number of carbonyl (C=O) groups excluding carboxylic acids is 2. The minimum atomic E-state index is -1.41. The van der Waals surface area contributed by atoms with Gasteiger partial charge in [0.25, 0.3) is 0 Å². The molecule has 0 saturated carbocycles. The molecule has 19 heavy (non-hydrogen) atoms. The Bertz CT molecular complexity index is 350. The van der Waals surface area contributed by atoms with Crippen LogP contribution in [0.15, 0.2) is 0 Å². The van der Waals surface area contributed by atoms with Crippen LogP contribution in [0.2, 0.25) is 0 Å². The lowest BCUT2D eigenvalue weighted by atomic mass is 10.2. The topological polar surface area (TPSA) is 125 Å². The molecule has 0 radical (unpaired) electrons. The van der Waals surface area contributed by atoms with Crippen molar-refractivity contribution in [3.63, 3.8) is 0 Å². The number of carboxylic acid groups (broad SMARTS) is 1. The van der Waals surface area contributed by atoms with Crippen molar-refractivity contribution in [2.75, 3.05) is 6.61 Å². The molecule has 0 aliphatic rings. The number of amides is 2. The van der Waals surface area contributed by atoms with Crippen LogP contribution in [0.4, 0.5) is 4.79 Å². The monoisotopic (exact) mass is 276 g/mol. The zero-order valence-corrected chi connectivity index (χ0v) is 11.4. The van der Waals surface area contributed by atoms with Gasteiger partial charge in [0, 0.05) is 0 Å². The highest BCUT2D eigenvalue weighted by Crippen LogP contribution is 2.06. The van der Waals surface area contributed by atoms with E-state index in [1.807, 2.05) is 0 Å². The first-order valence-electron chi connectivity index (χ1n) is 5.70. The lowest BCUT2D eigenvalue weighted by molar-refractivity contribution is -0.143. The minimum absolute atomic E-state index is 0.699. The third-order valence-electron chi connectivity index (χ3n) is 1.92. The molecule has 0 saturated heterocycles. The summed E-state index contributed by atoms with van der Waals surface area (Å²) in [4.78, 5) is 33.6. The number of carboxylic acids is 1. The van der Waals surface area contributed by atoms with E-state index < -0.39 is 42.3 Å². The van der Waals surface area contributed by atoms with E-state index in [0.717, 1.165) is 0 Å². The third kappa shape index (κ3) is 7.24. The predicted molar refractivity (Wildman–Crippen MR) is 65.5 cm³/mol. The van der Waals surface area contributed by atoms with Crippen LogP contribution in [0.5, 0.6) is 0 Å². The van der Waals surface area contributed by atoms with Gasteiger partial charge in [0.15, 0.2) is 0 Å². The average Bonchev–Trinajstić information content (AvgIpc) is 2.21. The molecule has 0 aliphatic carbocycles. The molecule has 0 aromatic rings. The number of aliphatic hydroxyl groups excluding tert-OH is 1. The Morgan fingerprint density at radius 2 is 1.74 bits per heavy atom. The van der Waals surface area contributed by atoms with Gasteiger partial charge in [-0.05, 0) is 27.7 Å². The average molecular weight is 276 g/mol. The fourth-order valence-corrected chi connectivity index (χ4v) is 1.03. The summed E-state index contributed by atoms with van der Waals surface area (Å²) in [6, 6.07) is -2.39. The molecule has 0 unspecified atom stereocenters. The minimum Gasteiger partial charge on any atom is -0.480 e. The summed E-state index contributed by atoms with van der Waals surface area (Å²) in [6.07, 6.45) is -0.786. The molecule has 110 valence electrons. The van der Waals surface area contributed by atoms with Gasteiger partial charge in [-0.2, -0.15) is 0 Å². The number of hydrogen-bond donors (Lipinski definition) is 4. The first-order chi connectivity index (χ1) is 8.56. The van der Waals surface area contributed by atoms with E-state index in [1.54, 1.807) is 20.8 Å². The molecule has 0 aromatic carbocycles. The zero-order chi connectivity index (χ0) is 15.2. The number of ether oxygens (including phenoxy) is 1. The van der Waals surface area contributed by atoms with E-state index >= 15 is 0 Å². The van der Waals surface area contributed by atoms with Gasteiger partial charge in [-0.1, -0.05) is 0 Å². The van der Waals surface area contributed by atoms with E-state index in [0.29, 0.717) is 0 Å². The fraction of sp³-hybridized carbons (Fsp3) is 0.727. The van der Waals surface area contributed by atoms with Crippen LogP contribution in [-0.4, -0.2) is 52.5 Å². The van der Waals surface area contributed by atoms with Crippen molar-refractivity contribution in [1.29, 1.82) is 0 Å². The van der Waals surface area contributed by atoms with E-state index in [2.05, 4.69) is 10.6 Å². The van der Waals surface area contributed by atoms with Gasteiger partial charge in [-0.25, -0.2) is 9.59 Å². The maximum atomic E-state index is 11.6. The second-order valence-corrected chi connectivity index (χ2v) is 4.95. The fourth-order valence-electron chi connectivity index (χ4n) is 1.03. The Balaban J connectivity index is 4.35.